The maximum absolute atomic E-state index is 11.0. The Balaban J connectivity index is 2.80. The van der Waals surface area contributed by atoms with Crippen molar-refractivity contribution in [2.75, 3.05) is 13.7 Å². The molecule has 0 aliphatic rings. The quantitative estimate of drug-likeness (QED) is 0.535. The second-order valence-corrected chi connectivity index (χ2v) is 3.20. The van der Waals surface area contributed by atoms with E-state index >= 15 is 0 Å². The highest BCUT2D eigenvalue weighted by molar-refractivity contribution is 7.14. The van der Waals surface area contributed by atoms with Crippen LogP contribution in [-0.2, 0) is 4.74 Å². The number of ether oxygens (including phenoxy) is 1. The van der Waals surface area contributed by atoms with Crippen LogP contribution in [-0.4, -0.2) is 24.8 Å². The van der Waals surface area contributed by atoms with E-state index in [1.165, 1.54) is 18.4 Å². The molecule has 1 aromatic rings. The Labute approximate surface area is 80.0 Å². The predicted molar refractivity (Wildman–Crippen MR) is 49.6 cm³/mol. The number of rotatable bonds is 1. The molecule has 0 spiro atoms. The first kappa shape index (κ1) is 9.78. The molecule has 0 atom stereocenters. The third-order valence-corrected chi connectivity index (χ3v) is 2.26. The number of hydrogen-bond donors (Lipinski definition) is 1. The first-order valence-corrected chi connectivity index (χ1v) is 4.37. The van der Waals surface area contributed by atoms with E-state index in [0.29, 0.717) is 4.88 Å². The Morgan fingerprint density at radius 3 is 3.08 bits per heavy atom. The van der Waals surface area contributed by atoms with Crippen molar-refractivity contribution >= 4 is 17.3 Å². The zero-order valence-electron chi connectivity index (χ0n) is 7.03. The Morgan fingerprint density at radius 1 is 1.69 bits per heavy atom. The van der Waals surface area contributed by atoms with Crippen molar-refractivity contribution in [3.05, 3.63) is 21.9 Å². The van der Waals surface area contributed by atoms with Gasteiger partial charge in [-0.1, -0.05) is 11.8 Å². The summed E-state index contributed by atoms with van der Waals surface area (Å²) in [4.78, 5) is 12.3. The van der Waals surface area contributed by atoms with Crippen LogP contribution in [0.3, 0.4) is 0 Å². The van der Waals surface area contributed by atoms with E-state index in [-0.39, 0.29) is 12.6 Å². The number of carbonyl (C=O) groups is 1. The lowest BCUT2D eigenvalue weighted by atomic mass is 10.4. The van der Waals surface area contributed by atoms with Gasteiger partial charge in [0.2, 0.25) is 0 Å². The number of thiophene rings is 1. The van der Waals surface area contributed by atoms with Crippen molar-refractivity contribution in [3.63, 3.8) is 0 Å². The van der Waals surface area contributed by atoms with Crippen LogP contribution in [0.5, 0.6) is 0 Å². The second-order valence-electron chi connectivity index (χ2n) is 2.12. The molecule has 0 fully saturated rings. The molecule has 1 heterocycles. The molecule has 68 valence electrons. The maximum atomic E-state index is 11.0. The lowest BCUT2D eigenvalue weighted by Gasteiger charge is -1.90. The second kappa shape index (κ2) is 4.65. The maximum Gasteiger partial charge on any atom is 0.348 e. The van der Waals surface area contributed by atoms with Gasteiger partial charge in [-0.2, -0.15) is 0 Å². The monoisotopic (exact) mass is 196 g/mol. The summed E-state index contributed by atoms with van der Waals surface area (Å²) in [6.45, 7) is -0.175. The first-order chi connectivity index (χ1) is 6.27. The highest BCUT2D eigenvalue weighted by Crippen LogP contribution is 2.15. The molecule has 1 aromatic heterocycles. The van der Waals surface area contributed by atoms with Crippen molar-refractivity contribution in [2.45, 2.75) is 0 Å². The third-order valence-electron chi connectivity index (χ3n) is 1.28. The molecule has 1 N–H and O–H groups in total. The molecule has 0 unspecified atom stereocenters. The molecule has 13 heavy (non-hydrogen) atoms. The average molecular weight is 196 g/mol. The molecule has 0 amide bonds. The van der Waals surface area contributed by atoms with E-state index in [1.807, 2.05) is 0 Å². The molecule has 0 aliphatic carbocycles. The van der Waals surface area contributed by atoms with Gasteiger partial charge in [-0.25, -0.2) is 4.79 Å². The minimum atomic E-state index is -0.359. The number of aliphatic hydroxyl groups is 1. The first-order valence-electron chi connectivity index (χ1n) is 3.56. The lowest BCUT2D eigenvalue weighted by Crippen LogP contribution is -1.96. The van der Waals surface area contributed by atoms with Crippen LogP contribution in [0.2, 0.25) is 0 Å². The van der Waals surface area contributed by atoms with Crippen LogP contribution in [0.1, 0.15) is 14.5 Å². The lowest BCUT2D eigenvalue weighted by molar-refractivity contribution is 0.0606. The van der Waals surface area contributed by atoms with E-state index in [1.54, 1.807) is 12.1 Å². The molecule has 0 aliphatic heterocycles. The van der Waals surface area contributed by atoms with Crippen molar-refractivity contribution in [1.29, 1.82) is 0 Å². The summed E-state index contributed by atoms with van der Waals surface area (Å²) in [6, 6.07) is 3.37. The topological polar surface area (TPSA) is 46.5 Å². The normalized spacial score (nSPS) is 8.77. The Bertz CT molecular complexity index is 356. The van der Waals surface area contributed by atoms with E-state index in [2.05, 4.69) is 16.6 Å². The summed E-state index contributed by atoms with van der Waals surface area (Å²) >= 11 is 1.25. The predicted octanol–water partition coefficient (Wildman–Crippen LogP) is 0.879. The van der Waals surface area contributed by atoms with Crippen molar-refractivity contribution < 1.29 is 14.6 Å². The van der Waals surface area contributed by atoms with Crippen LogP contribution >= 0.6 is 11.3 Å². The summed E-state index contributed by atoms with van der Waals surface area (Å²) in [6.07, 6.45) is 0. The van der Waals surface area contributed by atoms with Crippen molar-refractivity contribution in [1.82, 2.24) is 0 Å². The molecule has 0 bridgehead atoms. The van der Waals surface area contributed by atoms with Gasteiger partial charge in [0.05, 0.1) is 12.0 Å². The largest absolute Gasteiger partial charge is 0.465 e. The van der Waals surface area contributed by atoms with E-state index in [9.17, 15) is 4.79 Å². The number of hydrogen-bond acceptors (Lipinski definition) is 4. The molecular formula is C9H8O3S. The fourth-order valence-corrected chi connectivity index (χ4v) is 1.54. The SMILES string of the molecule is COC(=O)c1ccc(C#CCO)s1. The molecule has 3 nitrogen and oxygen atoms in total. The number of carbonyl (C=O) groups excluding carboxylic acids is 1. The van der Waals surface area contributed by atoms with Gasteiger partial charge in [-0.05, 0) is 12.1 Å². The van der Waals surface area contributed by atoms with Crippen LogP contribution in [0.15, 0.2) is 12.1 Å². The number of aliphatic hydroxyl groups excluding tert-OH is 1. The molecule has 1 rings (SSSR count). The number of esters is 1. The summed E-state index contributed by atoms with van der Waals surface area (Å²) in [5.41, 5.74) is 0. The fourth-order valence-electron chi connectivity index (χ4n) is 0.742. The number of methoxy groups -OCH3 is 1. The Kier molecular flexibility index (Phi) is 3.50. The van der Waals surface area contributed by atoms with Gasteiger partial charge >= 0.3 is 5.97 Å². The summed E-state index contributed by atoms with van der Waals surface area (Å²) < 4.78 is 4.53. The van der Waals surface area contributed by atoms with Crippen molar-refractivity contribution in [3.8, 4) is 11.8 Å². The fraction of sp³-hybridized carbons (Fsp3) is 0.222. The molecule has 0 radical (unpaired) electrons. The molecule has 0 saturated heterocycles. The van der Waals surface area contributed by atoms with E-state index < -0.39 is 0 Å². The molecular weight excluding hydrogens is 188 g/mol. The summed E-state index contributed by atoms with van der Waals surface area (Å²) in [5.74, 6) is 4.84. The third kappa shape index (κ3) is 2.58. The smallest absolute Gasteiger partial charge is 0.348 e. The van der Waals surface area contributed by atoms with Gasteiger partial charge in [-0.15, -0.1) is 11.3 Å². The van der Waals surface area contributed by atoms with E-state index in [4.69, 9.17) is 5.11 Å². The summed E-state index contributed by atoms with van der Waals surface area (Å²) in [5, 5.41) is 8.43. The minimum Gasteiger partial charge on any atom is -0.465 e. The summed E-state index contributed by atoms with van der Waals surface area (Å²) in [7, 11) is 1.33. The zero-order chi connectivity index (χ0) is 9.68. The zero-order valence-corrected chi connectivity index (χ0v) is 7.85. The average Bonchev–Trinajstić information content (AvgIpc) is 2.62. The van der Waals surface area contributed by atoms with Gasteiger partial charge in [0.15, 0.2) is 0 Å². The van der Waals surface area contributed by atoms with E-state index in [0.717, 1.165) is 4.88 Å². The van der Waals surface area contributed by atoms with Gasteiger partial charge in [0.1, 0.15) is 11.5 Å². The highest BCUT2D eigenvalue weighted by Gasteiger charge is 2.07. The van der Waals surface area contributed by atoms with Crippen LogP contribution in [0.4, 0.5) is 0 Å². The molecule has 4 heteroatoms. The standard InChI is InChI=1S/C9H8O3S/c1-12-9(11)8-5-4-7(13-8)3-2-6-10/h4-5,10H,6H2,1H3. The van der Waals surface area contributed by atoms with Gasteiger partial charge in [0.25, 0.3) is 0 Å². The van der Waals surface area contributed by atoms with Gasteiger partial charge in [-0.3, -0.25) is 0 Å². The Morgan fingerprint density at radius 2 is 2.46 bits per heavy atom. The molecule has 0 saturated carbocycles. The molecule has 0 aromatic carbocycles. The minimum absolute atomic E-state index is 0.175. The Hall–Kier alpha value is -1.31. The highest BCUT2D eigenvalue weighted by atomic mass is 32.1. The van der Waals surface area contributed by atoms with Crippen LogP contribution in [0, 0.1) is 11.8 Å². The van der Waals surface area contributed by atoms with Gasteiger partial charge < -0.3 is 9.84 Å². The van der Waals surface area contributed by atoms with Crippen molar-refractivity contribution in [2.24, 2.45) is 0 Å². The van der Waals surface area contributed by atoms with Crippen LogP contribution in [0.25, 0.3) is 0 Å². The van der Waals surface area contributed by atoms with Gasteiger partial charge in [0, 0.05) is 0 Å². The van der Waals surface area contributed by atoms with Crippen LogP contribution < -0.4 is 0 Å².